The van der Waals surface area contributed by atoms with E-state index in [9.17, 15) is 5.11 Å². The Balaban J connectivity index is 1.77. The Labute approximate surface area is 215 Å². The van der Waals surface area contributed by atoms with Gasteiger partial charge >= 0.3 is 0 Å². The van der Waals surface area contributed by atoms with Crippen molar-refractivity contribution in [1.82, 2.24) is 14.5 Å². The number of nitrogens with one attached hydrogen (secondary N) is 1. The summed E-state index contributed by atoms with van der Waals surface area (Å²) >= 11 is 6.17. The Hall–Kier alpha value is -3.71. The van der Waals surface area contributed by atoms with Crippen LogP contribution in [-0.2, 0) is 12.6 Å². The van der Waals surface area contributed by atoms with Gasteiger partial charge in [-0.25, -0.2) is 9.97 Å². The van der Waals surface area contributed by atoms with Crippen LogP contribution < -0.4 is 11.1 Å². The molecule has 0 saturated carbocycles. The van der Waals surface area contributed by atoms with Gasteiger partial charge in [0, 0.05) is 30.5 Å². The maximum Gasteiger partial charge on any atom is 0.156 e. The van der Waals surface area contributed by atoms with Gasteiger partial charge in [0.2, 0.25) is 0 Å². The number of anilines is 1. The van der Waals surface area contributed by atoms with Gasteiger partial charge in [-0.2, -0.15) is 0 Å². The normalized spacial score (nSPS) is 13.0. The van der Waals surface area contributed by atoms with Crippen molar-refractivity contribution in [2.75, 3.05) is 18.4 Å². The largest absolute Gasteiger partial charge is 0.374 e. The van der Waals surface area contributed by atoms with Gasteiger partial charge in [-0.3, -0.25) is 0 Å². The number of nitrogens with zero attached hydrogens (tertiary/aromatic N) is 3. The van der Waals surface area contributed by atoms with E-state index >= 15 is 0 Å². The molecular formula is C29H28ClN5O. The molecule has 2 heterocycles. The zero-order valence-corrected chi connectivity index (χ0v) is 21.0. The Kier molecular flexibility index (Phi) is 6.49. The minimum Gasteiger partial charge on any atom is -0.374 e. The first-order valence-corrected chi connectivity index (χ1v) is 12.2. The molecule has 6 nitrogen and oxygen atoms in total. The standard InChI is InChI=1S/C29H28ClN5O/c1-19-4-3-5-20(14-19)24-16-28(33-13-12-31)34-26-11-8-22(15-25(24)26)29(36,27-17-32-18-35(27)2)21-6-9-23(30)10-7-21/h3-11,14-18,36H,12-13,31H2,1-2H3,(H,33,34). The third-order valence-electron chi connectivity index (χ3n) is 6.46. The van der Waals surface area contributed by atoms with Crippen LogP contribution in [0.3, 0.4) is 0 Å². The molecule has 0 fully saturated rings. The highest BCUT2D eigenvalue weighted by Crippen LogP contribution is 2.40. The maximum absolute atomic E-state index is 12.4. The second-order valence-electron chi connectivity index (χ2n) is 8.98. The molecule has 1 atom stereocenters. The number of aryl methyl sites for hydroxylation is 2. The van der Waals surface area contributed by atoms with Crippen molar-refractivity contribution in [3.63, 3.8) is 0 Å². The fraction of sp³-hybridized carbons (Fsp3) is 0.172. The van der Waals surface area contributed by atoms with E-state index < -0.39 is 5.60 Å². The molecule has 0 aliphatic rings. The highest BCUT2D eigenvalue weighted by molar-refractivity contribution is 6.30. The molecule has 0 saturated heterocycles. The van der Waals surface area contributed by atoms with Crippen LogP contribution >= 0.6 is 11.6 Å². The minimum absolute atomic E-state index is 0.511. The number of hydrogen-bond donors (Lipinski definition) is 3. The van der Waals surface area contributed by atoms with Crippen LogP contribution in [0, 0.1) is 6.92 Å². The molecule has 7 heteroatoms. The highest BCUT2D eigenvalue weighted by atomic mass is 35.5. The van der Waals surface area contributed by atoms with Crippen molar-refractivity contribution < 1.29 is 5.11 Å². The molecule has 5 aromatic rings. The van der Waals surface area contributed by atoms with Gasteiger partial charge in [-0.15, -0.1) is 0 Å². The van der Waals surface area contributed by atoms with Crippen LogP contribution in [0.15, 0.2) is 85.3 Å². The molecule has 0 aliphatic heterocycles. The Morgan fingerprint density at radius 1 is 1.03 bits per heavy atom. The van der Waals surface area contributed by atoms with Crippen molar-refractivity contribution >= 4 is 28.3 Å². The summed E-state index contributed by atoms with van der Waals surface area (Å²) in [6.45, 7) is 3.21. The van der Waals surface area contributed by atoms with Gasteiger partial charge in [-0.1, -0.05) is 59.6 Å². The predicted octanol–water partition coefficient (Wildman–Crippen LogP) is 5.25. The lowest BCUT2D eigenvalue weighted by Crippen LogP contribution is -2.31. The number of imidazole rings is 1. The lowest BCUT2D eigenvalue weighted by Gasteiger charge is -2.30. The van der Waals surface area contributed by atoms with Gasteiger partial charge < -0.3 is 20.7 Å². The average molecular weight is 498 g/mol. The summed E-state index contributed by atoms with van der Waals surface area (Å²) in [5.41, 5.74) is 10.4. The predicted molar refractivity (Wildman–Crippen MR) is 146 cm³/mol. The first-order chi connectivity index (χ1) is 17.4. The van der Waals surface area contributed by atoms with Gasteiger partial charge in [0.25, 0.3) is 0 Å². The molecule has 36 heavy (non-hydrogen) atoms. The fourth-order valence-electron chi connectivity index (χ4n) is 4.65. The summed E-state index contributed by atoms with van der Waals surface area (Å²) in [7, 11) is 1.87. The van der Waals surface area contributed by atoms with E-state index in [-0.39, 0.29) is 0 Å². The number of rotatable bonds is 7. The van der Waals surface area contributed by atoms with E-state index in [1.807, 2.05) is 54.1 Å². The molecule has 5 rings (SSSR count). The highest BCUT2D eigenvalue weighted by Gasteiger charge is 2.37. The topological polar surface area (TPSA) is 89.0 Å². The zero-order valence-electron chi connectivity index (χ0n) is 20.2. The fourth-order valence-corrected chi connectivity index (χ4v) is 4.78. The molecule has 2 aromatic heterocycles. The van der Waals surface area contributed by atoms with Crippen molar-refractivity contribution in [2.45, 2.75) is 12.5 Å². The number of aliphatic hydroxyl groups is 1. The van der Waals surface area contributed by atoms with Crippen molar-refractivity contribution in [1.29, 1.82) is 0 Å². The molecule has 1 unspecified atom stereocenters. The molecule has 0 bridgehead atoms. The van der Waals surface area contributed by atoms with E-state index in [1.54, 1.807) is 24.7 Å². The van der Waals surface area contributed by atoms with Crippen LogP contribution in [-0.4, -0.2) is 32.7 Å². The van der Waals surface area contributed by atoms with Gasteiger partial charge in [0.05, 0.1) is 23.7 Å². The lowest BCUT2D eigenvalue weighted by molar-refractivity contribution is 0.117. The summed E-state index contributed by atoms with van der Waals surface area (Å²) in [6, 6.07) is 23.6. The molecule has 3 aromatic carbocycles. The average Bonchev–Trinajstić information content (AvgIpc) is 3.33. The van der Waals surface area contributed by atoms with E-state index in [1.165, 1.54) is 0 Å². The Morgan fingerprint density at radius 2 is 1.81 bits per heavy atom. The van der Waals surface area contributed by atoms with Crippen molar-refractivity contribution in [3.8, 4) is 11.1 Å². The zero-order chi connectivity index (χ0) is 25.3. The summed E-state index contributed by atoms with van der Waals surface area (Å²) in [5.74, 6) is 0.761. The van der Waals surface area contributed by atoms with E-state index in [2.05, 4.69) is 35.4 Å². The van der Waals surface area contributed by atoms with E-state index in [4.69, 9.17) is 22.3 Å². The molecule has 182 valence electrons. The number of hydrogen-bond acceptors (Lipinski definition) is 5. The molecule has 4 N–H and O–H groups in total. The van der Waals surface area contributed by atoms with Crippen LogP contribution in [0.1, 0.15) is 22.4 Å². The van der Waals surface area contributed by atoms with Crippen molar-refractivity contribution in [3.05, 3.63) is 113 Å². The Morgan fingerprint density at radius 3 is 2.50 bits per heavy atom. The van der Waals surface area contributed by atoms with Crippen molar-refractivity contribution in [2.24, 2.45) is 12.8 Å². The van der Waals surface area contributed by atoms with E-state index in [0.29, 0.717) is 34.9 Å². The monoisotopic (exact) mass is 497 g/mol. The number of benzene rings is 3. The summed E-state index contributed by atoms with van der Waals surface area (Å²) in [5, 5.41) is 17.2. The van der Waals surface area contributed by atoms with Crippen LogP contribution in [0.2, 0.25) is 5.02 Å². The number of halogens is 1. The number of pyridine rings is 1. The number of nitrogens with two attached hydrogens (primary N) is 1. The smallest absolute Gasteiger partial charge is 0.156 e. The first-order valence-electron chi connectivity index (χ1n) is 11.8. The molecule has 0 spiro atoms. The SMILES string of the molecule is Cc1cccc(-c2cc(NCCN)nc3ccc(C(O)(c4ccc(Cl)cc4)c4cncn4C)cc23)c1. The first kappa shape index (κ1) is 24.0. The van der Waals surface area contributed by atoms with Gasteiger partial charge in [0.15, 0.2) is 5.60 Å². The summed E-state index contributed by atoms with van der Waals surface area (Å²) in [4.78, 5) is 9.11. The third kappa shape index (κ3) is 4.35. The van der Waals surface area contributed by atoms with Crippen LogP contribution in [0.5, 0.6) is 0 Å². The molecular weight excluding hydrogens is 470 g/mol. The number of aromatic nitrogens is 3. The third-order valence-corrected chi connectivity index (χ3v) is 6.71. The second-order valence-corrected chi connectivity index (χ2v) is 9.42. The summed E-state index contributed by atoms with van der Waals surface area (Å²) in [6.07, 6.45) is 3.38. The second kappa shape index (κ2) is 9.74. The molecule has 0 amide bonds. The van der Waals surface area contributed by atoms with Crippen LogP contribution in [0.25, 0.3) is 22.0 Å². The number of fused-ring (bicyclic) bond motifs is 1. The van der Waals surface area contributed by atoms with E-state index in [0.717, 1.165) is 33.4 Å². The van der Waals surface area contributed by atoms with Gasteiger partial charge in [-0.05, 0) is 59.5 Å². The minimum atomic E-state index is -1.45. The molecule has 0 radical (unpaired) electrons. The summed E-state index contributed by atoms with van der Waals surface area (Å²) < 4.78 is 1.83. The Bertz CT molecular complexity index is 1530. The van der Waals surface area contributed by atoms with Gasteiger partial charge in [0.1, 0.15) is 5.82 Å². The maximum atomic E-state index is 12.4. The quantitative estimate of drug-likeness (QED) is 0.286. The van der Waals surface area contributed by atoms with Crippen LogP contribution in [0.4, 0.5) is 5.82 Å². The lowest BCUT2D eigenvalue weighted by atomic mass is 9.82. The molecule has 0 aliphatic carbocycles.